The Bertz CT molecular complexity index is 849. The van der Waals surface area contributed by atoms with Crippen LogP contribution in [-0.2, 0) is 0 Å². The van der Waals surface area contributed by atoms with Crippen molar-refractivity contribution >= 4 is 22.5 Å². The molecule has 22 heavy (non-hydrogen) atoms. The van der Waals surface area contributed by atoms with Crippen molar-refractivity contribution in [2.45, 2.75) is 0 Å². The first-order valence-corrected chi connectivity index (χ1v) is 6.67. The first-order valence-electron chi connectivity index (χ1n) is 6.67. The molecule has 0 aliphatic heterocycles. The van der Waals surface area contributed by atoms with Gasteiger partial charge in [-0.1, -0.05) is 0 Å². The molecule has 0 amide bonds. The molecule has 6 heteroatoms. The van der Waals surface area contributed by atoms with Crippen LogP contribution < -0.4 is 20.9 Å². The molecule has 3 rings (SSSR count). The Hall–Kier alpha value is -3.02. The fourth-order valence-electron chi connectivity index (χ4n) is 2.34. The predicted octanol–water partition coefficient (Wildman–Crippen LogP) is 2.48. The van der Waals surface area contributed by atoms with Crippen LogP contribution in [0.1, 0.15) is 0 Å². The van der Waals surface area contributed by atoms with E-state index >= 15 is 0 Å². The summed E-state index contributed by atoms with van der Waals surface area (Å²) >= 11 is 0. The van der Waals surface area contributed by atoms with Gasteiger partial charge >= 0.3 is 0 Å². The van der Waals surface area contributed by atoms with Crippen LogP contribution in [-0.4, -0.2) is 24.2 Å². The van der Waals surface area contributed by atoms with Crippen molar-refractivity contribution in [2.24, 2.45) is 0 Å². The smallest absolute Gasteiger partial charge is 0.221 e. The molecule has 4 N–H and O–H groups in total. The van der Waals surface area contributed by atoms with Crippen LogP contribution in [0.15, 0.2) is 36.4 Å². The van der Waals surface area contributed by atoms with Crippen molar-refractivity contribution in [1.29, 1.82) is 0 Å². The van der Waals surface area contributed by atoms with E-state index < -0.39 is 0 Å². The van der Waals surface area contributed by atoms with Gasteiger partial charge in [0.2, 0.25) is 5.95 Å². The zero-order chi connectivity index (χ0) is 15.7. The standard InChI is InChI=1S/C16H16N4O2/c1-21-9-4-6-14-12(7-9)15(20-16(18)19-14)11-5-3-10(22-2)8-13(11)17/h3-8H,17H2,1-2H3,(H2,18,19,20). The van der Waals surface area contributed by atoms with E-state index in [0.717, 1.165) is 16.5 Å². The van der Waals surface area contributed by atoms with Crippen molar-refractivity contribution in [3.05, 3.63) is 36.4 Å². The molecule has 2 aromatic carbocycles. The van der Waals surface area contributed by atoms with Gasteiger partial charge < -0.3 is 20.9 Å². The highest BCUT2D eigenvalue weighted by molar-refractivity contribution is 5.96. The number of methoxy groups -OCH3 is 2. The van der Waals surface area contributed by atoms with Crippen LogP contribution in [0.2, 0.25) is 0 Å². The molecule has 0 unspecified atom stereocenters. The van der Waals surface area contributed by atoms with E-state index in [4.69, 9.17) is 20.9 Å². The molecule has 0 aliphatic rings. The normalized spacial score (nSPS) is 10.6. The first kappa shape index (κ1) is 13.9. The number of ether oxygens (including phenoxy) is 2. The Morgan fingerprint density at radius 2 is 1.55 bits per heavy atom. The van der Waals surface area contributed by atoms with Crippen LogP contribution in [0.3, 0.4) is 0 Å². The third-order valence-electron chi connectivity index (χ3n) is 3.43. The monoisotopic (exact) mass is 296 g/mol. The lowest BCUT2D eigenvalue weighted by molar-refractivity contribution is 0.415. The fraction of sp³-hybridized carbons (Fsp3) is 0.125. The number of nitrogens with two attached hydrogens (primary N) is 2. The van der Waals surface area contributed by atoms with E-state index in [2.05, 4.69) is 9.97 Å². The Balaban J connectivity index is 2.29. The number of hydrogen-bond acceptors (Lipinski definition) is 6. The molecule has 0 spiro atoms. The molecule has 0 saturated heterocycles. The summed E-state index contributed by atoms with van der Waals surface area (Å²) in [5.41, 5.74) is 14.7. The number of nitrogen functional groups attached to an aromatic ring is 2. The van der Waals surface area contributed by atoms with Gasteiger partial charge in [-0.15, -0.1) is 0 Å². The van der Waals surface area contributed by atoms with Gasteiger partial charge in [-0.2, -0.15) is 0 Å². The molecular formula is C16H16N4O2. The van der Waals surface area contributed by atoms with E-state index in [0.29, 0.717) is 22.9 Å². The van der Waals surface area contributed by atoms with Gasteiger partial charge in [-0.05, 0) is 30.3 Å². The van der Waals surface area contributed by atoms with Gasteiger partial charge in [0.05, 0.1) is 25.4 Å². The lowest BCUT2D eigenvalue weighted by atomic mass is 10.0. The maximum atomic E-state index is 6.13. The molecule has 112 valence electrons. The molecule has 1 heterocycles. The topological polar surface area (TPSA) is 96.3 Å². The number of fused-ring (bicyclic) bond motifs is 1. The Kier molecular flexibility index (Phi) is 3.42. The minimum Gasteiger partial charge on any atom is -0.497 e. The Morgan fingerprint density at radius 1 is 0.864 bits per heavy atom. The van der Waals surface area contributed by atoms with Crippen LogP contribution in [0, 0.1) is 0 Å². The largest absolute Gasteiger partial charge is 0.497 e. The average Bonchev–Trinajstić information content (AvgIpc) is 2.53. The predicted molar refractivity (Wildman–Crippen MR) is 86.9 cm³/mol. The van der Waals surface area contributed by atoms with Crippen molar-refractivity contribution in [2.75, 3.05) is 25.7 Å². The zero-order valence-corrected chi connectivity index (χ0v) is 12.3. The maximum Gasteiger partial charge on any atom is 0.221 e. The number of rotatable bonds is 3. The second kappa shape index (κ2) is 5.40. The molecule has 0 bridgehead atoms. The van der Waals surface area contributed by atoms with Gasteiger partial charge in [0.1, 0.15) is 11.5 Å². The lowest BCUT2D eigenvalue weighted by Crippen LogP contribution is -2.00. The summed E-state index contributed by atoms with van der Waals surface area (Å²) in [5.74, 6) is 1.60. The summed E-state index contributed by atoms with van der Waals surface area (Å²) in [6.07, 6.45) is 0. The molecule has 3 aromatic rings. The van der Waals surface area contributed by atoms with Crippen LogP contribution in [0.4, 0.5) is 11.6 Å². The van der Waals surface area contributed by atoms with Crippen LogP contribution >= 0.6 is 0 Å². The average molecular weight is 296 g/mol. The summed E-state index contributed by atoms with van der Waals surface area (Å²) in [4.78, 5) is 8.60. The fourth-order valence-corrected chi connectivity index (χ4v) is 2.34. The highest BCUT2D eigenvalue weighted by Gasteiger charge is 2.13. The number of aromatic nitrogens is 2. The van der Waals surface area contributed by atoms with Crippen LogP contribution in [0.25, 0.3) is 22.2 Å². The number of anilines is 2. The second-order valence-corrected chi connectivity index (χ2v) is 4.77. The number of hydrogen-bond donors (Lipinski definition) is 2. The molecule has 1 aromatic heterocycles. The Morgan fingerprint density at radius 3 is 2.23 bits per heavy atom. The summed E-state index contributed by atoms with van der Waals surface area (Å²) in [5, 5.41) is 0.824. The molecule has 0 fully saturated rings. The molecule has 0 saturated carbocycles. The van der Waals surface area contributed by atoms with Gasteiger partial charge in [0.25, 0.3) is 0 Å². The van der Waals surface area contributed by atoms with E-state index in [9.17, 15) is 0 Å². The summed E-state index contributed by atoms with van der Waals surface area (Å²) in [7, 11) is 3.21. The maximum absolute atomic E-state index is 6.13. The van der Waals surface area contributed by atoms with Crippen molar-refractivity contribution < 1.29 is 9.47 Å². The molecular weight excluding hydrogens is 280 g/mol. The quantitative estimate of drug-likeness (QED) is 0.721. The van der Waals surface area contributed by atoms with E-state index in [1.165, 1.54) is 0 Å². The summed E-state index contributed by atoms with van der Waals surface area (Å²) in [6.45, 7) is 0. The minimum absolute atomic E-state index is 0.197. The van der Waals surface area contributed by atoms with E-state index in [1.807, 2.05) is 30.3 Å². The first-order chi connectivity index (χ1) is 10.6. The summed E-state index contributed by atoms with van der Waals surface area (Å²) in [6, 6.07) is 11.0. The molecule has 0 radical (unpaired) electrons. The van der Waals surface area contributed by atoms with Crippen molar-refractivity contribution in [3.63, 3.8) is 0 Å². The van der Waals surface area contributed by atoms with E-state index in [-0.39, 0.29) is 5.95 Å². The lowest BCUT2D eigenvalue weighted by Gasteiger charge is -2.11. The van der Waals surface area contributed by atoms with Crippen molar-refractivity contribution in [1.82, 2.24) is 9.97 Å². The zero-order valence-electron chi connectivity index (χ0n) is 12.3. The number of benzene rings is 2. The highest BCUT2D eigenvalue weighted by Crippen LogP contribution is 2.34. The summed E-state index contributed by atoms with van der Waals surface area (Å²) < 4.78 is 10.4. The third-order valence-corrected chi connectivity index (χ3v) is 3.43. The SMILES string of the molecule is COc1ccc(-c2nc(N)nc3ccc(OC)cc23)c(N)c1. The van der Waals surface area contributed by atoms with Gasteiger partial charge in [0, 0.05) is 22.7 Å². The molecule has 0 aliphatic carbocycles. The van der Waals surface area contributed by atoms with E-state index in [1.54, 1.807) is 20.3 Å². The highest BCUT2D eigenvalue weighted by atomic mass is 16.5. The Labute approximate surface area is 127 Å². The molecule has 6 nitrogen and oxygen atoms in total. The van der Waals surface area contributed by atoms with Gasteiger partial charge in [-0.3, -0.25) is 0 Å². The molecule has 0 atom stereocenters. The van der Waals surface area contributed by atoms with Crippen LogP contribution in [0.5, 0.6) is 11.5 Å². The van der Waals surface area contributed by atoms with Gasteiger partial charge in [-0.25, -0.2) is 9.97 Å². The minimum atomic E-state index is 0.197. The van der Waals surface area contributed by atoms with Gasteiger partial charge in [0.15, 0.2) is 0 Å². The third kappa shape index (κ3) is 2.35. The number of nitrogens with zero attached hydrogens (tertiary/aromatic N) is 2. The second-order valence-electron chi connectivity index (χ2n) is 4.77. The van der Waals surface area contributed by atoms with Crippen molar-refractivity contribution in [3.8, 4) is 22.8 Å².